The molecule has 0 aliphatic carbocycles. The summed E-state index contributed by atoms with van der Waals surface area (Å²) in [5.74, 6) is 0. The lowest BCUT2D eigenvalue weighted by Crippen LogP contribution is -2.61. The fourth-order valence-electron chi connectivity index (χ4n) is 20.1. The molecule has 24 rings (SSSR count). The highest BCUT2D eigenvalue weighted by atomic mass is 32.1. The van der Waals surface area contributed by atoms with Crippen LogP contribution in [0.3, 0.4) is 0 Å². The molecular weight excluding hydrogens is 1530 g/mol. The quantitative estimate of drug-likeness (QED) is 0.121. The van der Waals surface area contributed by atoms with E-state index in [0.29, 0.717) is 0 Å². The first kappa shape index (κ1) is 72.7. The van der Waals surface area contributed by atoms with Crippen LogP contribution in [-0.2, 0) is 10.8 Å². The zero-order chi connectivity index (χ0) is 82.1. The number of rotatable bonds is 11. The Balaban J connectivity index is 0.913. The second-order valence-corrected chi connectivity index (χ2v) is 37.5. The van der Waals surface area contributed by atoms with Gasteiger partial charge in [0, 0.05) is 107 Å². The molecule has 7 heteroatoms. The Bertz CT molecular complexity index is 7770. The van der Waals surface area contributed by atoms with E-state index in [9.17, 15) is 0 Å². The predicted octanol–water partition coefficient (Wildman–Crippen LogP) is 31.9. The fourth-order valence-corrected chi connectivity index (χ4v) is 22.4. The molecule has 4 aromatic heterocycles. The average Bonchev–Trinajstić information content (AvgIpc) is 0.742. The minimum Gasteiger partial charge on any atom is -0.456 e. The molecule has 0 saturated heterocycles. The number of anilines is 6. The smallest absolute Gasteiger partial charge is 0.252 e. The largest absolute Gasteiger partial charge is 0.456 e. The van der Waals surface area contributed by atoms with Gasteiger partial charge in [-0.15, -0.1) is 22.7 Å². The highest BCUT2D eigenvalue weighted by Gasteiger charge is 2.47. The van der Waals surface area contributed by atoms with Gasteiger partial charge >= 0.3 is 0 Å². The summed E-state index contributed by atoms with van der Waals surface area (Å²) in [6.07, 6.45) is 0. The van der Waals surface area contributed by atoms with E-state index in [4.69, 9.17) is 8.83 Å². The van der Waals surface area contributed by atoms with Crippen molar-refractivity contribution in [2.75, 3.05) is 9.80 Å². The molecule has 2 aliphatic heterocycles. The highest BCUT2D eigenvalue weighted by Crippen LogP contribution is 2.59. The third-order valence-electron chi connectivity index (χ3n) is 25.9. The molecule has 0 unspecified atom stereocenters. The Morgan fingerprint density at radius 2 is 0.561 bits per heavy atom. The van der Waals surface area contributed by atoms with Gasteiger partial charge in [-0.2, -0.15) is 0 Å². The summed E-state index contributed by atoms with van der Waals surface area (Å²) >= 11 is 3.75. The van der Waals surface area contributed by atoms with Crippen LogP contribution in [0, 0.1) is 0 Å². The summed E-state index contributed by atoms with van der Waals surface area (Å²) in [5.41, 5.74) is 35.5. The van der Waals surface area contributed by atoms with E-state index in [1.807, 2.05) is 22.7 Å². The van der Waals surface area contributed by atoms with E-state index in [-0.39, 0.29) is 17.5 Å². The third-order valence-corrected chi connectivity index (χ3v) is 28.2. The first-order valence-corrected chi connectivity index (χ1v) is 44.3. The van der Waals surface area contributed by atoms with E-state index in [1.165, 1.54) is 84.6 Å². The van der Waals surface area contributed by atoms with Crippen LogP contribution < -0.4 is 26.2 Å². The first-order valence-electron chi connectivity index (χ1n) is 42.7. The van der Waals surface area contributed by atoms with Gasteiger partial charge in [-0.3, -0.25) is 0 Å². The van der Waals surface area contributed by atoms with E-state index in [1.54, 1.807) is 0 Å². The number of hydrogen-bond donors (Lipinski definition) is 0. The van der Waals surface area contributed by atoms with Crippen LogP contribution in [0.25, 0.3) is 184 Å². The number of thiophene rings is 2. The molecule has 6 heterocycles. The molecule has 4 nitrogen and oxygen atoms in total. The molecule has 582 valence electrons. The molecule has 2 aliphatic rings. The van der Waals surface area contributed by atoms with E-state index in [2.05, 4.69) is 434 Å². The second kappa shape index (κ2) is 28.1. The number of benzene rings is 18. The van der Waals surface area contributed by atoms with Crippen molar-refractivity contribution in [2.24, 2.45) is 0 Å². The maximum absolute atomic E-state index is 7.07. The zero-order valence-corrected chi connectivity index (χ0v) is 70.6. The van der Waals surface area contributed by atoms with Crippen molar-refractivity contribution in [1.82, 2.24) is 0 Å². The topological polar surface area (TPSA) is 32.8 Å². The van der Waals surface area contributed by atoms with Crippen LogP contribution in [0.1, 0.15) is 52.7 Å². The Labute approximate surface area is 723 Å². The monoisotopic (exact) mass is 1610 g/mol. The van der Waals surface area contributed by atoms with Crippen LogP contribution >= 0.6 is 22.7 Å². The maximum Gasteiger partial charge on any atom is 0.252 e. The Hall–Kier alpha value is -14.3. The van der Waals surface area contributed by atoms with Gasteiger partial charge < -0.3 is 18.6 Å². The van der Waals surface area contributed by atoms with Crippen molar-refractivity contribution in [3.63, 3.8) is 0 Å². The molecular formula is C116H81BN2O2S2. The molecule has 0 N–H and O–H groups in total. The number of para-hydroxylation sites is 3. The molecule has 18 aromatic carbocycles. The van der Waals surface area contributed by atoms with Gasteiger partial charge in [0.15, 0.2) is 0 Å². The summed E-state index contributed by atoms with van der Waals surface area (Å²) in [4.78, 5) is 5.51. The van der Waals surface area contributed by atoms with Gasteiger partial charge in [0.25, 0.3) is 6.71 Å². The van der Waals surface area contributed by atoms with Gasteiger partial charge in [-0.1, -0.05) is 302 Å². The Morgan fingerprint density at radius 3 is 1.04 bits per heavy atom. The maximum atomic E-state index is 7.07. The van der Waals surface area contributed by atoms with E-state index >= 15 is 0 Å². The summed E-state index contributed by atoms with van der Waals surface area (Å²) in [7, 11) is 0. The van der Waals surface area contributed by atoms with Gasteiger partial charge in [-0.25, -0.2) is 0 Å². The molecule has 0 bridgehead atoms. The van der Waals surface area contributed by atoms with Crippen LogP contribution in [0.2, 0.25) is 0 Å². The number of furan rings is 2. The summed E-state index contributed by atoms with van der Waals surface area (Å²) in [5, 5.41) is 9.24. The summed E-state index contributed by atoms with van der Waals surface area (Å²) in [6, 6.07) is 144. The normalized spacial score (nSPS) is 12.7. The SMILES string of the molecule is CC(C)(C)c1cc(-c2cccc3oc4ccccc4c23)c(N2c3ccccc3B3c4cc(-c5cccc(-c6ccccc6)c5)ccc4N(c4c(-c5cccc6oc7ccccc7c56)cc(C(C)(C)C)cc4-c4cccc5sc6ccccc6c45)c4cc(-c5cc(-c6ccccc6)cc(-c6ccccc6)c5)cc2c43)c(-c2cccc3sc4ccccc4c23)c1. The lowest BCUT2D eigenvalue weighted by Gasteiger charge is -2.46. The van der Waals surface area contributed by atoms with Gasteiger partial charge in [-0.05, 0) is 238 Å². The van der Waals surface area contributed by atoms with E-state index < -0.39 is 0 Å². The van der Waals surface area contributed by atoms with Gasteiger partial charge in [0.1, 0.15) is 22.3 Å². The fraction of sp³-hybridized carbons (Fsp3) is 0.0690. The van der Waals surface area contributed by atoms with Crippen LogP contribution in [0.4, 0.5) is 34.1 Å². The predicted molar refractivity (Wildman–Crippen MR) is 527 cm³/mol. The first-order chi connectivity index (χ1) is 60.3. The second-order valence-electron chi connectivity index (χ2n) is 35.3. The van der Waals surface area contributed by atoms with Crippen molar-refractivity contribution >= 4 is 164 Å². The number of nitrogens with zero attached hydrogens (tertiary/aromatic N) is 2. The molecule has 0 spiro atoms. The molecule has 0 radical (unpaired) electrons. The van der Waals surface area contributed by atoms with Crippen molar-refractivity contribution in [3.8, 4) is 100 Å². The molecule has 0 fully saturated rings. The molecule has 0 saturated carbocycles. The molecule has 22 aromatic rings. The molecule has 0 atom stereocenters. The van der Waals surface area contributed by atoms with Crippen molar-refractivity contribution in [1.29, 1.82) is 0 Å². The highest BCUT2D eigenvalue weighted by molar-refractivity contribution is 7.26. The van der Waals surface area contributed by atoms with Crippen molar-refractivity contribution in [2.45, 2.75) is 52.4 Å². The van der Waals surface area contributed by atoms with Crippen LogP contribution in [0.5, 0.6) is 0 Å². The lowest BCUT2D eigenvalue weighted by molar-refractivity contribution is 0.590. The minimum absolute atomic E-state index is 0.323. The number of hydrogen-bond acceptors (Lipinski definition) is 6. The average molecular weight is 1610 g/mol. The summed E-state index contributed by atoms with van der Waals surface area (Å²) in [6.45, 7) is 13.9. The van der Waals surface area contributed by atoms with Gasteiger partial charge in [0.05, 0.1) is 11.4 Å². The summed E-state index contributed by atoms with van der Waals surface area (Å²) < 4.78 is 19.1. The van der Waals surface area contributed by atoms with Crippen molar-refractivity contribution in [3.05, 3.63) is 393 Å². The van der Waals surface area contributed by atoms with Gasteiger partial charge in [0.2, 0.25) is 0 Å². The standard InChI is InChI=1S/C116H81BN2O2S2/c1-115(2,3)80-66-90(82-43-27-51-102-108(82)86-39-16-22-49-100(86)120-102)113(92(68-80)84-45-29-55-106-110(84)88-41-18-24-53-104(88)122-106)118-96-48-21-20-47-94(96)117-95-63-75(74-38-26-37-73(59-74)70-31-10-7-11-32-70)57-58-97(95)119(99-65-79(64-98(118)112(99)117)78-61-76(71-33-12-8-13-34-71)60-77(62-78)72-35-14-9-15-36-72)114-91(83-44-28-52-103-109(83)87-40-17-23-50-101(87)121-103)67-81(116(4,5)6)69-93(114)85-46-30-56-107-111(85)89-42-19-25-54-105(89)123-107/h7-69H,1-6H3. The number of fused-ring (bicyclic) bond motifs is 16. The minimum atomic E-state index is -0.340. The van der Waals surface area contributed by atoms with Crippen molar-refractivity contribution < 1.29 is 8.83 Å². The Kier molecular flexibility index (Phi) is 16.6. The lowest BCUT2D eigenvalue weighted by atomic mass is 9.33. The molecule has 0 amide bonds. The zero-order valence-electron chi connectivity index (χ0n) is 69.0. The molecule has 123 heavy (non-hydrogen) atoms. The third kappa shape index (κ3) is 11.8. The Morgan fingerprint density at radius 1 is 0.228 bits per heavy atom. The van der Waals surface area contributed by atoms with Crippen LogP contribution in [0.15, 0.2) is 391 Å². The van der Waals surface area contributed by atoms with E-state index in [0.717, 1.165) is 161 Å². The van der Waals surface area contributed by atoms with Crippen LogP contribution in [-0.4, -0.2) is 6.71 Å².